The van der Waals surface area contributed by atoms with Gasteiger partial charge in [-0.15, -0.1) is 12.1 Å². The van der Waals surface area contributed by atoms with E-state index < -0.39 is 0 Å². The summed E-state index contributed by atoms with van der Waals surface area (Å²) in [5.74, 6) is 0. The number of hydrogen-bond acceptors (Lipinski definition) is 1. The molecule has 0 aliphatic carbocycles. The summed E-state index contributed by atoms with van der Waals surface area (Å²) in [7, 11) is 0. The Morgan fingerprint density at radius 2 is 1.67 bits per heavy atom. The Morgan fingerprint density at radius 1 is 1.22 bits per heavy atom. The molecule has 0 radical (unpaired) electrons. The number of hydrogen-bond donors (Lipinski definition) is 1. The fourth-order valence-electron chi connectivity index (χ4n) is 0.400. The molecule has 44 valence electrons. The van der Waals surface area contributed by atoms with Gasteiger partial charge in [-0.25, -0.2) is 0 Å². The molecule has 1 rings (SSSR count). The van der Waals surface area contributed by atoms with Crippen LogP contribution in [0.5, 0.6) is 0 Å². The maximum Gasteiger partial charge on any atom is 2.00 e. The van der Waals surface area contributed by atoms with E-state index in [1.807, 2.05) is 0 Å². The van der Waals surface area contributed by atoms with E-state index in [1.165, 1.54) is 0 Å². The van der Waals surface area contributed by atoms with E-state index in [0.717, 1.165) is 5.69 Å². The second-order valence-electron chi connectivity index (χ2n) is 1.33. The summed E-state index contributed by atoms with van der Waals surface area (Å²) in [4.78, 5) is 0. The van der Waals surface area contributed by atoms with E-state index in [-0.39, 0.29) is 40.0 Å². The van der Waals surface area contributed by atoms with Crippen LogP contribution in [-0.2, 0) is 0 Å². The topological polar surface area (TPSA) is 26.0 Å². The van der Waals surface area contributed by atoms with Crippen LogP contribution in [0.4, 0.5) is 5.69 Å². The third-order valence-corrected chi connectivity index (χ3v) is 0.744. The standard InChI is InChI=1S/C6H6N.BrH.Mg/c7-6-4-2-1-3-5-6;;/h2-5H,7H2;1H;/q-1;;+2/p-1. The summed E-state index contributed by atoms with van der Waals surface area (Å²) in [6.07, 6.45) is 0. The van der Waals surface area contributed by atoms with Crippen LogP contribution in [0.2, 0.25) is 0 Å². The minimum absolute atomic E-state index is 0. The molecule has 2 N–H and O–H groups in total. The Kier molecular flexibility index (Phi) is 8.51. The Bertz CT molecular complexity index is 143. The fraction of sp³-hybridized carbons (Fsp3) is 0. The molecular formula is C6H6BrMgN. The number of benzene rings is 1. The molecule has 0 spiro atoms. The third kappa shape index (κ3) is 4.75. The van der Waals surface area contributed by atoms with Gasteiger partial charge in [0.05, 0.1) is 0 Å². The molecule has 3 heteroatoms. The van der Waals surface area contributed by atoms with Gasteiger partial charge in [0.2, 0.25) is 0 Å². The van der Waals surface area contributed by atoms with Crippen LogP contribution < -0.4 is 22.7 Å². The van der Waals surface area contributed by atoms with E-state index in [0.29, 0.717) is 0 Å². The predicted molar refractivity (Wildman–Crippen MR) is 35.4 cm³/mol. The van der Waals surface area contributed by atoms with Crippen LogP contribution >= 0.6 is 0 Å². The van der Waals surface area contributed by atoms with E-state index in [9.17, 15) is 0 Å². The first-order valence-corrected chi connectivity index (χ1v) is 2.11. The SMILES string of the molecule is Nc1cc[c-]cc1.[Br-].[Mg+2]. The minimum atomic E-state index is 0. The molecule has 0 saturated heterocycles. The van der Waals surface area contributed by atoms with Crippen LogP contribution in [0.3, 0.4) is 0 Å². The van der Waals surface area contributed by atoms with Gasteiger partial charge in [0.25, 0.3) is 0 Å². The van der Waals surface area contributed by atoms with Crippen LogP contribution in [0.25, 0.3) is 0 Å². The van der Waals surface area contributed by atoms with Crippen molar-refractivity contribution in [3.8, 4) is 0 Å². The molecule has 0 unspecified atom stereocenters. The van der Waals surface area contributed by atoms with Crippen molar-refractivity contribution >= 4 is 28.7 Å². The molecule has 1 nitrogen and oxygen atoms in total. The zero-order valence-corrected chi connectivity index (χ0v) is 7.97. The van der Waals surface area contributed by atoms with Gasteiger partial charge in [-0.2, -0.15) is 18.2 Å². The van der Waals surface area contributed by atoms with Crippen molar-refractivity contribution in [2.24, 2.45) is 0 Å². The zero-order chi connectivity index (χ0) is 5.11. The van der Waals surface area contributed by atoms with Crippen molar-refractivity contribution in [3.05, 3.63) is 30.3 Å². The first-order valence-electron chi connectivity index (χ1n) is 2.11. The van der Waals surface area contributed by atoms with Crippen molar-refractivity contribution in [1.29, 1.82) is 0 Å². The third-order valence-electron chi connectivity index (χ3n) is 0.744. The average molecular weight is 196 g/mol. The van der Waals surface area contributed by atoms with Gasteiger partial charge in [0.15, 0.2) is 0 Å². The van der Waals surface area contributed by atoms with Gasteiger partial charge >= 0.3 is 23.1 Å². The number of rotatable bonds is 0. The van der Waals surface area contributed by atoms with Gasteiger partial charge in [-0.3, -0.25) is 0 Å². The molecule has 9 heavy (non-hydrogen) atoms. The smallest absolute Gasteiger partial charge is 1.00 e. The molecule has 1 aromatic carbocycles. The Morgan fingerprint density at radius 3 is 1.89 bits per heavy atom. The molecule has 0 bridgehead atoms. The molecule has 0 heterocycles. The Labute approximate surface area is 81.6 Å². The second-order valence-corrected chi connectivity index (χ2v) is 1.33. The maximum absolute atomic E-state index is 5.34. The summed E-state index contributed by atoms with van der Waals surface area (Å²) >= 11 is 0. The van der Waals surface area contributed by atoms with Gasteiger partial charge in [-0.05, 0) is 0 Å². The van der Waals surface area contributed by atoms with Crippen LogP contribution in [0.15, 0.2) is 24.3 Å². The molecule has 0 aliphatic heterocycles. The largest absolute Gasteiger partial charge is 2.00 e. The first kappa shape index (κ1) is 12.0. The van der Waals surface area contributed by atoms with Crippen molar-refractivity contribution in [2.45, 2.75) is 0 Å². The molecule has 0 saturated carbocycles. The predicted octanol–water partition coefficient (Wildman–Crippen LogP) is -2.31. The molecule has 0 aliphatic rings. The normalized spacial score (nSPS) is 6.67. The number of nitrogens with two attached hydrogens (primary N) is 1. The molecule has 0 atom stereocenters. The van der Waals surface area contributed by atoms with Crippen molar-refractivity contribution in [1.82, 2.24) is 0 Å². The van der Waals surface area contributed by atoms with Gasteiger partial charge in [0.1, 0.15) is 0 Å². The molecule has 0 aromatic heterocycles. The summed E-state index contributed by atoms with van der Waals surface area (Å²) in [5.41, 5.74) is 6.13. The molecule has 1 aromatic rings. The van der Waals surface area contributed by atoms with Crippen LogP contribution in [0.1, 0.15) is 0 Å². The minimum Gasteiger partial charge on any atom is -1.00 e. The molecule has 0 amide bonds. The number of anilines is 1. The van der Waals surface area contributed by atoms with Crippen LogP contribution in [-0.4, -0.2) is 23.1 Å². The summed E-state index contributed by atoms with van der Waals surface area (Å²) in [5, 5.41) is 0. The van der Waals surface area contributed by atoms with E-state index in [2.05, 4.69) is 6.07 Å². The van der Waals surface area contributed by atoms with Crippen LogP contribution in [0, 0.1) is 6.07 Å². The van der Waals surface area contributed by atoms with Gasteiger partial charge in [0, 0.05) is 0 Å². The van der Waals surface area contributed by atoms with Gasteiger partial charge < -0.3 is 22.7 Å². The summed E-state index contributed by atoms with van der Waals surface area (Å²) < 4.78 is 0. The van der Waals surface area contributed by atoms with E-state index >= 15 is 0 Å². The van der Waals surface area contributed by atoms with E-state index in [1.54, 1.807) is 24.3 Å². The van der Waals surface area contributed by atoms with Crippen molar-refractivity contribution < 1.29 is 17.0 Å². The quantitative estimate of drug-likeness (QED) is 0.282. The molecular weight excluding hydrogens is 190 g/mol. The average Bonchev–Trinajstić information content (AvgIpc) is 1.69. The maximum atomic E-state index is 5.34. The number of nitrogen functional groups attached to an aromatic ring is 1. The fourth-order valence-corrected chi connectivity index (χ4v) is 0.400. The number of halogens is 1. The zero-order valence-electron chi connectivity index (χ0n) is 4.97. The second kappa shape index (κ2) is 6.39. The Balaban J connectivity index is 0. The Hall–Kier alpha value is 0.266. The van der Waals surface area contributed by atoms with E-state index in [4.69, 9.17) is 5.73 Å². The first-order chi connectivity index (χ1) is 3.39. The monoisotopic (exact) mass is 195 g/mol. The van der Waals surface area contributed by atoms with Crippen molar-refractivity contribution in [3.63, 3.8) is 0 Å². The summed E-state index contributed by atoms with van der Waals surface area (Å²) in [6.45, 7) is 0. The molecule has 0 fully saturated rings. The van der Waals surface area contributed by atoms with Crippen molar-refractivity contribution in [2.75, 3.05) is 5.73 Å². The van der Waals surface area contributed by atoms with Gasteiger partial charge in [-0.1, -0.05) is 5.69 Å². The summed E-state index contributed by atoms with van der Waals surface area (Å²) in [6, 6.07) is 10.0.